The van der Waals surface area contributed by atoms with Gasteiger partial charge in [-0.15, -0.1) is 0 Å². The first kappa shape index (κ1) is 12.8. The second-order valence-corrected chi connectivity index (χ2v) is 5.33. The molecule has 0 aliphatic rings. The van der Waals surface area contributed by atoms with Crippen LogP contribution < -0.4 is 5.32 Å². The molecule has 82 valence electrons. The first-order chi connectivity index (χ1) is 7.00. The fraction of sp³-hybridized carbons (Fsp3) is 0.364. The van der Waals surface area contributed by atoms with E-state index < -0.39 is 0 Å². The largest absolute Gasteiger partial charge is 0.352 e. The minimum atomic E-state index is -0.0373. The molecule has 0 saturated heterocycles. The van der Waals surface area contributed by atoms with Crippen LogP contribution in [0.3, 0.4) is 0 Å². The first-order valence-corrected chi connectivity index (χ1v) is 6.19. The fourth-order valence-corrected chi connectivity index (χ4v) is 2.18. The summed E-state index contributed by atoms with van der Waals surface area (Å²) in [6, 6.07) is 5.26. The molecule has 0 aliphatic heterocycles. The number of halogens is 2. The Kier molecular flexibility index (Phi) is 4.86. The summed E-state index contributed by atoms with van der Waals surface area (Å²) in [5.41, 5.74) is 0.681. The third kappa shape index (κ3) is 3.99. The quantitative estimate of drug-likeness (QED) is 0.842. The predicted molar refractivity (Wildman–Crippen MR) is 71.3 cm³/mol. The molecule has 1 N–H and O–H groups in total. The molecule has 0 radical (unpaired) electrons. The predicted octanol–water partition coefficient (Wildman–Crippen LogP) is 3.33. The summed E-state index contributed by atoms with van der Waals surface area (Å²) in [6.07, 6.45) is 0. The highest BCUT2D eigenvalue weighted by atomic mass is 127. The molecular weight excluding hydrogens is 324 g/mol. The molecule has 0 aliphatic carbocycles. The summed E-state index contributed by atoms with van der Waals surface area (Å²) < 4.78 is 0.876. The summed E-state index contributed by atoms with van der Waals surface area (Å²) in [5.74, 6) is 0.420. The van der Waals surface area contributed by atoms with Gasteiger partial charge in [-0.25, -0.2) is 0 Å². The lowest BCUT2D eigenvalue weighted by Gasteiger charge is -2.08. The normalized spacial score (nSPS) is 10.5. The number of benzene rings is 1. The van der Waals surface area contributed by atoms with E-state index in [-0.39, 0.29) is 5.91 Å². The second-order valence-electron chi connectivity index (χ2n) is 3.73. The zero-order valence-corrected chi connectivity index (χ0v) is 11.6. The maximum absolute atomic E-state index is 11.7. The summed E-state index contributed by atoms with van der Waals surface area (Å²) in [7, 11) is 0. The molecule has 0 spiro atoms. The minimum Gasteiger partial charge on any atom is -0.352 e. The number of hydrogen-bond donors (Lipinski definition) is 1. The third-order valence-corrected chi connectivity index (χ3v) is 2.97. The Morgan fingerprint density at radius 3 is 2.73 bits per heavy atom. The van der Waals surface area contributed by atoms with Crippen molar-refractivity contribution in [2.75, 3.05) is 6.54 Å². The van der Waals surface area contributed by atoms with Crippen LogP contribution in [-0.2, 0) is 0 Å². The van der Waals surface area contributed by atoms with Crippen molar-refractivity contribution in [2.24, 2.45) is 5.92 Å². The van der Waals surface area contributed by atoms with Gasteiger partial charge in [0.1, 0.15) is 0 Å². The average molecular weight is 338 g/mol. The van der Waals surface area contributed by atoms with Gasteiger partial charge in [-0.1, -0.05) is 25.4 Å². The minimum absolute atomic E-state index is 0.0373. The van der Waals surface area contributed by atoms with Gasteiger partial charge in [0.25, 0.3) is 5.91 Å². The van der Waals surface area contributed by atoms with Crippen LogP contribution in [0.4, 0.5) is 0 Å². The molecule has 4 heteroatoms. The second kappa shape index (κ2) is 5.70. The Labute approximate surface area is 109 Å². The lowest BCUT2D eigenvalue weighted by molar-refractivity contribution is 0.0948. The zero-order chi connectivity index (χ0) is 11.4. The number of hydrogen-bond acceptors (Lipinski definition) is 1. The van der Waals surface area contributed by atoms with E-state index >= 15 is 0 Å². The molecule has 0 heterocycles. The molecule has 0 fully saturated rings. The van der Waals surface area contributed by atoms with E-state index in [2.05, 4.69) is 41.8 Å². The summed E-state index contributed by atoms with van der Waals surface area (Å²) >= 11 is 7.93. The van der Waals surface area contributed by atoms with Crippen LogP contribution in [0.5, 0.6) is 0 Å². The Morgan fingerprint density at radius 2 is 2.20 bits per heavy atom. The SMILES string of the molecule is CC(C)CNC(=O)c1ccc(Cl)cc1I. The van der Waals surface area contributed by atoms with Crippen LogP contribution in [-0.4, -0.2) is 12.5 Å². The molecule has 15 heavy (non-hydrogen) atoms. The van der Waals surface area contributed by atoms with Crippen LogP contribution in [0, 0.1) is 9.49 Å². The molecule has 0 bridgehead atoms. The van der Waals surface area contributed by atoms with E-state index in [4.69, 9.17) is 11.6 Å². The van der Waals surface area contributed by atoms with E-state index in [1.54, 1.807) is 18.2 Å². The van der Waals surface area contributed by atoms with Crippen LogP contribution in [0.15, 0.2) is 18.2 Å². The van der Waals surface area contributed by atoms with Gasteiger partial charge in [-0.05, 0) is 46.7 Å². The molecule has 2 nitrogen and oxygen atoms in total. The van der Waals surface area contributed by atoms with Gasteiger partial charge >= 0.3 is 0 Å². The van der Waals surface area contributed by atoms with E-state index in [9.17, 15) is 4.79 Å². The average Bonchev–Trinajstić information content (AvgIpc) is 2.14. The van der Waals surface area contributed by atoms with Gasteiger partial charge in [-0.3, -0.25) is 4.79 Å². The van der Waals surface area contributed by atoms with Gasteiger partial charge in [0.2, 0.25) is 0 Å². The van der Waals surface area contributed by atoms with Crippen LogP contribution in [0.2, 0.25) is 5.02 Å². The van der Waals surface area contributed by atoms with Crippen molar-refractivity contribution in [3.63, 3.8) is 0 Å². The monoisotopic (exact) mass is 337 g/mol. The van der Waals surface area contributed by atoms with Crippen molar-refractivity contribution in [3.8, 4) is 0 Å². The highest BCUT2D eigenvalue weighted by Gasteiger charge is 2.09. The maximum atomic E-state index is 11.7. The van der Waals surface area contributed by atoms with Gasteiger partial charge in [-0.2, -0.15) is 0 Å². The molecule has 0 unspecified atom stereocenters. The Hall–Kier alpha value is -0.290. The fourth-order valence-electron chi connectivity index (χ4n) is 1.07. The lowest BCUT2D eigenvalue weighted by atomic mass is 10.2. The topological polar surface area (TPSA) is 29.1 Å². The van der Waals surface area contributed by atoms with E-state index in [1.165, 1.54) is 0 Å². The summed E-state index contributed by atoms with van der Waals surface area (Å²) in [4.78, 5) is 11.7. The lowest BCUT2D eigenvalue weighted by Crippen LogP contribution is -2.27. The highest BCUT2D eigenvalue weighted by molar-refractivity contribution is 14.1. The van der Waals surface area contributed by atoms with Crippen molar-refractivity contribution in [2.45, 2.75) is 13.8 Å². The van der Waals surface area contributed by atoms with Gasteiger partial charge in [0.05, 0.1) is 5.56 Å². The summed E-state index contributed by atoms with van der Waals surface area (Å²) in [6.45, 7) is 4.82. The van der Waals surface area contributed by atoms with Crippen LogP contribution in [0.1, 0.15) is 24.2 Å². The third-order valence-electron chi connectivity index (χ3n) is 1.85. The number of rotatable bonds is 3. The molecule has 1 aromatic carbocycles. The van der Waals surface area contributed by atoms with Crippen molar-refractivity contribution in [3.05, 3.63) is 32.4 Å². The van der Waals surface area contributed by atoms with Crippen LogP contribution in [0.25, 0.3) is 0 Å². The Balaban J connectivity index is 2.74. The molecule has 0 saturated carbocycles. The highest BCUT2D eigenvalue weighted by Crippen LogP contribution is 2.17. The molecule has 0 atom stereocenters. The zero-order valence-electron chi connectivity index (χ0n) is 8.68. The number of carbonyl (C=O) groups excluding carboxylic acids is 1. The van der Waals surface area contributed by atoms with Crippen molar-refractivity contribution in [1.29, 1.82) is 0 Å². The molecular formula is C11H13ClINO. The Morgan fingerprint density at radius 1 is 1.53 bits per heavy atom. The van der Waals surface area contributed by atoms with E-state index in [1.807, 2.05) is 0 Å². The van der Waals surface area contributed by atoms with Crippen molar-refractivity contribution in [1.82, 2.24) is 5.32 Å². The van der Waals surface area contributed by atoms with Gasteiger partial charge < -0.3 is 5.32 Å². The van der Waals surface area contributed by atoms with Gasteiger partial charge in [0.15, 0.2) is 0 Å². The molecule has 1 amide bonds. The Bertz CT molecular complexity index is 366. The van der Waals surface area contributed by atoms with Crippen molar-refractivity contribution < 1.29 is 4.79 Å². The van der Waals surface area contributed by atoms with Crippen LogP contribution >= 0.6 is 34.2 Å². The molecule has 1 aromatic rings. The van der Waals surface area contributed by atoms with E-state index in [0.29, 0.717) is 23.0 Å². The standard InChI is InChI=1S/C11H13ClINO/c1-7(2)6-14-11(15)9-4-3-8(12)5-10(9)13/h3-5,7H,6H2,1-2H3,(H,14,15). The van der Waals surface area contributed by atoms with E-state index in [0.717, 1.165) is 3.57 Å². The number of amides is 1. The number of nitrogens with one attached hydrogen (secondary N) is 1. The molecule has 1 rings (SSSR count). The van der Waals surface area contributed by atoms with Crippen molar-refractivity contribution >= 4 is 40.1 Å². The first-order valence-electron chi connectivity index (χ1n) is 4.74. The summed E-state index contributed by atoms with van der Waals surface area (Å²) in [5, 5.41) is 3.52. The number of carbonyl (C=O) groups is 1. The smallest absolute Gasteiger partial charge is 0.252 e. The molecule has 0 aromatic heterocycles. The maximum Gasteiger partial charge on any atom is 0.252 e. The van der Waals surface area contributed by atoms with Gasteiger partial charge in [0, 0.05) is 15.1 Å².